The molecule has 3 N–H and O–H groups in total. The van der Waals surface area contributed by atoms with Crippen LogP contribution in [0.5, 0.6) is 0 Å². The fourth-order valence-electron chi connectivity index (χ4n) is 3.14. The van der Waals surface area contributed by atoms with Crippen LogP contribution in [0.25, 0.3) is 10.9 Å². The maximum absolute atomic E-state index is 12.7. The van der Waals surface area contributed by atoms with Gasteiger partial charge in [0.15, 0.2) is 0 Å². The Balaban J connectivity index is 0.00000210. The van der Waals surface area contributed by atoms with E-state index in [-0.39, 0.29) is 24.2 Å². The van der Waals surface area contributed by atoms with Crippen LogP contribution in [0.4, 0.5) is 0 Å². The maximum atomic E-state index is 12.7. The lowest BCUT2D eigenvalue weighted by molar-refractivity contribution is 0.0530. The van der Waals surface area contributed by atoms with Gasteiger partial charge in [0.1, 0.15) is 16.4 Å². The Kier molecular flexibility index (Phi) is 5.79. The van der Waals surface area contributed by atoms with Gasteiger partial charge in [0.25, 0.3) is 11.8 Å². The summed E-state index contributed by atoms with van der Waals surface area (Å²) >= 11 is 1.39. The highest BCUT2D eigenvalue weighted by Crippen LogP contribution is 2.18. The number of piperazine rings is 1. The monoisotopic (exact) mass is 405 g/mol. The van der Waals surface area contributed by atoms with Crippen LogP contribution < -0.4 is 5.73 Å². The van der Waals surface area contributed by atoms with E-state index in [9.17, 15) is 9.59 Å². The Morgan fingerprint density at radius 2 is 1.78 bits per heavy atom. The Hall–Kier alpha value is -2.42. The molecule has 27 heavy (non-hydrogen) atoms. The minimum Gasteiger partial charge on any atom is -0.351 e. The highest BCUT2D eigenvalue weighted by atomic mass is 35.5. The Labute approximate surface area is 166 Å². The number of halogens is 1. The molecule has 3 heterocycles. The van der Waals surface area contributed by atoms with Crippen molar-refractivity contribution in [3.63, 3.8) is 0 Å². The number of carbonyl (C=O) groups is 2. The quantitative estimate of drug-likeness (QED) is 0.697. The number of thiazole rings is 1. The Morgan fingerprint density at radius 3 is 2.41 bits per heavy atom. The molecule has 0 atom stereocenters. The summed E-state index contributed by atoms with van der Waals surface area (Å²) in [7, 11) is 0. The molecule has 0 unspecified atom stereocenters. The largest absolute Gasteiger partial charge is 0.351 e. The highest BCUT2D eigenvalue weighted by Gasteiger charge is 2.27. The third kappa shape index (κ3) is 3.83. The Morgan fingerprint density at radius 1 is 1.11 bits per heavy atom. The molecular formula is C18H20ClN5O2S. The molecule has 1 saturated heterocycles. The third-order valence-electron chi connectivity index (χ3n) is 4.56. The number of para-hydroxylation sites is 1. The number of aromatic nitrogens is 2. The molecule has 2 aromatic heterocycles. The lowest BCUT2D eigenvalue weighted by atomic mass is 10.2. The molecular weight excluding hydrogens is 386 g/mol. The molecule has 4 rings (SSSR count). The summed E-state index contributed by atoms with van der Waals surface area (Å²) in [4.78, 5) is 36.2. The van der Waals surface area contributed by atoms with Gasteiger partial charge in [0.2, 0.25) is 0 Å². The van der Waals surface area contributed by atoms with Crippen LogP contribution in [0, 0.1) is 0 Å². The zero-order valence-corrected chi connectivity index (χ0v) is 16.2. The van der Waals surface area contributed by atoms with Gasteiger partial charge < -0.3 is 20.5 Å². The van der Waals surface area contributed by atoms with E-state index >= 15 is 0 Å². The van der Waals surface area contributed by atoms with Crippen molar-refractivity contribution in [2.24, 2.45) is 5.73 Å². The van der Waals surface area contributed by atoms with Crippen LogP contribution >= 0.6 is 23.7 Å². The van der Waals surface area contributed by atoms with Gasteiger partial charge in [-0.05, 0) is 12.1 Å². The molecule has 1 aliphatic rings. The predicted octanol–water partition coefficient (Wildman–Crippen LogP) is 2.10. The SMILES string of the molecule is Cl.NCc1nc(C(=O)N2CCN(C(=O)c3cc4ccccc4[nH]3)CC2)cs1. The second kappa shape index (κ2) is 8.08. The molecule has 142 valence electrons. The van der Waals surface area contributed by atoms with E-state index in [2.05, 4.69) is 9.97 Å². The molecule has 3 aromatic rings. The fraction of sp³-hybridized carbons (Fsp3) is 0.278. The van der Waals surface area contributed by atoms with Gasteiger partial charge in [-0.15, -0.1) is 23.7 Å². The van der Waals surface area contributed by atoms with E-state index in [0.29, 0.717) is 44.1 Å². The first kappa shape index (κ1) is 19.3. The minimum atomic E-state index is -0.0985. The Bertz CT molecular complexity index is 928. The van der Waals surface area contributed by atoms with Gasteiger partial charge in [0, 0.05) is 49.0 Å². The van der Waals surface area contributed by atoms with E-state index in [4.69, 9.17) is 5.73 Å². The first-order chi connectivity index (χ1) is 12.7. The fourth-order valence-corrected chi connectivity index (χ4v) is 3.78. The summed E-state index contributed by atoms with van der Waals surface area (Å²) in [6.07, 6.45) is 0. The number of fused-ring (bicyclic) bond motifs is 1. The van der Waals surface area contributed by atoms with Gasteiger partial charge in [-0.3, -0.25) is 9.59 Å². The van der Waals surface area contributed by atoms with Gasteiger partial charge in [-0.25, -0.2) is 4.98 Å². The van der Waals surface area contributed by atoms with Gasteiger partial charge in [-0.2, -0.15) is 0 Å². The number of nitrogens with zero attached hydrogens (tertiary/aromatic N) is 3. The van der Waals surface area contributed by atoms with Gasteiger partial charge in [0.05, 0.1) is 0 Å². The van der Waals surface area contributed by atoms with Gasteiger partial charge >= 0.3 is 0 Å². The number of carbonyl (C=O) groups excluding carboxylic acids is 2. The molecule has 0 aliphatic carbocycles. The summed E-state index contributed by atoms with van der Waals surface area (Å²) in [5.41, 5.74) is 7.52. The van der Waals surface area contributed by atoms with Crippen molar-refractivity contribution in [3.05, 3.63) is 52.1 Å². The van der Waals surface area contributed by atoms with E-state index < -0.39 is 0 Å². The molecule has 9 heteroatoms. The summed E-state index contributed by atoms with van der Waals surface area (Å²) in [6.45, 7) is 2.35. The molecule has 1 aliphatic heterocycles. The van der Waals surface area contributed by atoms with Crippen LogP contribution in [-0.4, -0.2) is 57.8 Å². The summed E-state index contributed by atoms with van der Waals surface area (Å²) in [5.74, 6) is -0.133. The van der Waals surface area contributed by atoms with Crippen molar-refractivity contribution in [2.75, 3.05) is 26.2 Å². The number of nitrogens with one attached hydrogen (secondary N) is 1. The van der Waals surface area contributed by atoms with Gasteiger partial charge in [-0.1, -0.05) is 18.2 Å². The number of benzene rings is 1. The van der Waals surface area contributed by atoms with Crippen LogP contribution in [0.15, 0.2) is 35.7 Å². The van der Waals surface area contributed by atoms with E-state index in [1.807, 2.05) is 30.3 Å². The third-order valence-corrected chi connectivity index (χ3v) is 5.43. The lowest BCUT2D eigenvalue weighted by Crippen LogP contribution is -2.50. The first-order valence-corrected chi connectivity index (χ1v) is 9.34. The van der Waals surface area contributed by atoms with Crippen molar-refractivity contribution in [1.82, 2.24) is 19.8 Å². The standard InChI is InChI=1S/C18H19N5O2S.ClH/c19-10-16-21-15(11-26-16)18(25)23-7-5-22(6-8-23)17(24)14-9-12-3-1-2-4-13(12)20-14;/h1-4,9,11,20H,5-8,10,19H2;1H. The molecule has 1 aromatic carbocycles. The van der Waals surface area contributed by atoms with Crippen molar-refractivity contribution >= 4 is 46.5 Å². The zero-order chi connectivity index (χ0) is 18.1. The second-order valence-corrected chi connectivity index (χ2v) is 7.13. The predicted molar refractivity (Wildman–Crippen MR) is 107 cm³/mol. The number of rotatable bonds is 3. The van der Waals surface area contributed by atoms with E-state index in [0.717, 1.165) is 15.9 Å². The van der Waals surface area contributed by atoms with Crippen molar-refractivity contribution < 1.29 is 9.59 Å². The minimum absolute atomic E-state index is 0. The summed E-state index contributed by atoms with van der Waals surface area (Å²) in [5, 5.41) is 3.51. The lowest BCUT2D eigenvalue weighted by Gasteiger charge is -2.34. The second-order valence-electron chi connectivity index (χ2n) is 6.19. The highest BCUT2D eigenvalue weighted by molar-refractivity contribution is 7.09. The number of H-pyrrole nitrogens is 1. The molecule has 2 amide bonds. The molecule has 1 fully saturated rings. The molecule has 0 saturated carbocycles. The summed E-state index contributed by atoms with van der Waals surface area (Å²) in [6, 6.07) is 9.68. The van der Waals surface area contributed by atoms with Crippen molar-refractivity contribution in [2.45, 2.75) is 6.54 Å². The topological polar surface area (TPSA) is 95.3 Å². The number of hydrogen-bond donors (Lipinski definition) is 2. The van der Waals surface area contributed by atoms with Crippen LogP contribution in [0.1, 0.15) is 26.0 Å². The number of aromatic amines is 1. The van der Waals surface area contributed by atoms with Crippen molar-refractivity contribution in [1.29, 1.82) is 0 Å². The number of hydrogen-bond acceptors (Lipinski definition) is 5. The van der Waals surface area contributed by atoms with E-state index in [1.165, 1.54) is 11.3 Å². The molecule has 0 radical (unpaired) electrons. The molecule has 0 bridgehead atoms. The first-order valence-electron chi connectivity index (χ1n) is 8.46. The average molecular weight is 406 g/mol. The number of amides is 2. The van der Waals surface area contributed by atoms with E-state index in [1.54, 1.807) is 15.2 Å². The van der Waals surface area contributed by atoms with Crippen molar-refractivity contribution in [3.8, 4) is 0 Å². The smallest absolute Gasteiger partial charge is 0.273 e. The number of nitrogens with two attached hydrogens (primary N) is 1. The maximum Gasteiger partial charge on any atom is 0.273 e. The summed E-state index contributed by atoms with van der Waals surface area (Å²) < 4.78 is 0. The van der Waals surface area contributed by atoms with Crippen LogP contribution in [-0.2, 0) is 6.54 Å². The van der Waals surface area contributed by atoms with Crippen LogP contribution in [0.3, 0.4) is 0 Å². The normalized spacial score (nSPS) is 14.3. The molecule has 0 spiro atoms. The van der Waals surface area contributed by atoms with Crippen LogP contribution in [0.2, 0.25) is 0 Å². The average Bonchev–Trinajstić information content (AvgIpc) is 3.33. The molecule has 7 nitrogen and oxygen atoms in total. The zero-order valence-electron chi connectivity index (χ0n) is 14.6.